The molecule has 0 radical (unpaired) electrons. The van der Waals surface area contributed by atoms with E-state index in [0.717, 1.165) is 63.3 Å². The number of likely N-dealkylation sites (tertiary alicyclic amines) is 2. The Morgan fingerprint density at radius 2 is 1.79 bits per heavy atom. The molecule has 0 saturated carbocycles. The topological polar surface area (TPSA) is 44.8 Å². The molecular formula is C18H25N3O2S. The average Bonchev–Trinajstić information content (AvgIpc) is 3.16. The number of methoxy groups -OCH3 is 1. The van der Waals surface area contributed by atoms with Gasteiger partial charge in [-0.25, -0.2) is 0 Å². The first-order valence-corrected chi connectivity index (χ1v) is 9.07. The van der Waals surface area contributed by atoms with Crippen LogP contribution in [-0.4, -0.2) is 54.1 Å². The first-order chi connectivity index (χ1) is 11.7. The fourth-order valence-corrected chi connectivity index (χ4v) is 3.72. The zero-order valence-corrected chi connectivity index (χ0v) is 15.0. The lowest BCUT2D eigenvalue weighted by Crippen LogP contribution is -2.47. The first kappa shape index (κ1) is 17.0. The smallest absolute Gasteiger partial charge is 0.227 e. The van der Waals surface area contributed by atoms with Crippen molar-refractivity contribution < 1.29 is 9.53 Å². The van der Waals surface area contributed by atoms with Gasteiger partial charge in [0.2, 0.25) is 5.91 Å². The standard InChI is InChI=1S/C18H25N3O2S/c1-23-16-8-6-15(7-9-16)19-18(24)21-12-4-5-14(13-21)17(22)20-10-2-3-11-20/h6-9,14H,2-5,10-13H2,1H3,(H,19,24)/t14-/m0/s1. The van der Waals surface area contributed by atoms with Gasteiger partial charge in [-0.15, -0.1) is 0 Å². The number of carbonyl (C=O) groups is 1. The molecule has 24 heavy (non-hydrogen) atoms. The number of nitrogens with zero attached hydrogens (tertiary/aromatic N) is 2. The van der Waals surface area contributed by atoms with E-state index in [4.69, 9.17) is 17.0 Å². The number of hydrogen-bond acceptors (Lipinski definition) is 3. The molecule has 0 aromatic heterocycles. The molecule has 1 atom stereocenters. The van der Waals surface area contributed by atoms with E-state index in [0.29, 0.717) is 11.0 Å². The van der Waals surface area contributed by atoms with E-state index in [9.17, 15) is 4.79 Å². The number of hydrogen-bond donors (Lipinski definition) is 1. The number of ether oxygens (including phenoxy) is 1. The normalized spacial score (nSPS) is 20.8. The zero-order valence-electron chi connectivity index (χ0n) is 14.2. The summed E-state index contributed by atoms with van der Waals surface area (Å²) < 4.78 is 5.17. The monoisotopic (exact) mass is 347 g/mol. The molecule has 0 bridgehead atoms. The lowest BCUT2D eigenvalue weighted by atomic mass is 9.97. The van der Waals surface area contributed by atoms with Gasteiger partial charge in [0.25, 0.3) is 0 Å². The van der Waals surface area contributed by atoms with E-state index in [1.54, 1.807) is 7.11 Å². The number of carbonyl (C=O) groups excluding carboxylic acids is 1. The van der Waals surface area contributed by atoms with E-state index in [1.165, 1.54) is 0 Å². The highest BCUT2D eigenvalue weighted by molar-refractivity contribution is 7.80. The Balaban J connectivity index is 1.56. The molecule has 2 aliphatic rings. The van der Waals surface area contributed by atoms with Gasteiger partial charge in [0.1, 0.15) is 5.75 Å². The van der Waals surface area contributed by atoms with E-state index >= 15 is 0 Å². The summed E-state index contributed by atoms with van der Waals surface area (Å²) in [5.74, 6) is 1.21. The minimum Gasteiger partial charge on any atom is -0.497 e. The van der Waals surface area contributed by atoms with Gasteiger partial charge in [0, 0.05) is 31.9 Å². The van der Waals surface area contributed by atoms with Crippen molar-refractivity contribution in [3.05, 3.63) is 24.3 Å². The lowest BCUT2D eigenvalue weighted by Gasteiger charge is -2.35. The molecular weight excluding hydrogens is 322 g/mol. The summed E-state index contributed by atoms with van der Waals surface area (Å²) in [5, 5.41) is 3.96. The molecule has 130 valence electrons. The molecule has 2 aliphatic heterocycles. The van der Waals surface area contributed by atoms with Crippen molar-refractivity contribution in [3.63, 3.8) is 0 Å². The van der Waals surface area contributed by atoms with Crippen LogP contribution >= 0.6 is 12.2 Å². The second-order valence-corrected chi connectivity index (χ2v) is 6.86. The van der Waals surface area contributed by atoms with Crippen molar-refractivity contribution >= 4 is 28.9 Å². The Hall–Kier alpha value is -1.82. The molecule has 0 spiro atoms. The molecule has 5 nitrogen and oxygen atoms in total. The van der Waals surface area contributed by atoms with Crippen molar-refractivity contribution in [2.75, 3.05) is 38.6 Å². The second-order valence-electron chi connectivity index (χ2n) is 6.48. The van der Waals surface area contributed by atoms with Crippen LogP contribution in [0.1, 0.15) is 25.7 Å². The fraction of sp³-hybridized carbons (Fsp3) is 0.556. The van der Waals surface area contributed by atoms with Crippen LogP contribution in [0, 0.1) is 5.92 Å². The molecule has 1 amide bonds. The largest absolute Gasteiger partial charge is 0.497 e. The van der Waals surface area contributed by atoms with Gasteiger partial charge in [-0.3, -0.25) is 4.79 Å². The van der Waals surface area contributed by atoms with Gasteiger partial charge in [-0.05, 0) is 62.2 Å². The SMILES string of the molecule is COc1ccc(NC(=S)N2CCC[C@H](C(=O)N3CCCC3)C2)cc1. The van der Waals surface area contributed by atoms with E-state index in [1.807, 2.05) is 29.2 Å². The minimum absolute atomic E-state index is 0.0764. The van der Waals surface area contributed by atoms with Crippen LogP contribution < -0.4 is 10.1 Å². The Labute approximate surface area is 149 Å². The van der Waals surface area contributed by atoms with Crippen LogP contribution in [0.5, 0.6) is 5.75 Å². The van der Waals surface area contributed by atoms with Gasteiger partial charge in [0.15, 0.2) is 5.11 Å². The molecule has 1 N–H and O–H groups in total. The zero-order chi connectivity index (χ0) is 16.9. The van der Waals surface area contributed by atoms with Gasteiger partial charge in [-0.2, -0.15) is 0 Å². The fourth-order valence-electron chi connectivity index (χ4n) is 3.44. The Kier molecular flexibility index (Phi) is 5.56. The van der Waals surface area contributed by atoms with Crippen LogP contribution in [0.15, 0.2) is 24.3 Å². The molecule has 1 aromatic carbocycles. The molecule has 6 heteroatoms. The molecule has 3 rings (SSSR count). The Morgan fingerprint density at radius 1 is 1.12 bits per heavy atom. The number of nitrogens with one attached hydrogen (secondary N) is 1. The van der Waals surface area contributed by atoms with Crippen LogP contribution in [0.3, 0.4) is 0 Å². The Bertz CT molecular complexity index is 584. The van der Waals surface area contributed by atoms with Crippen molar-refractivity contribution in [2.24, 2.45) is 5.92 Å². The maximum Gasteiger partial charge on any atom is 0.227 e. The lowest BCUT2D eigenvalue weighted by molar-refractivity contribution is -0.135. The predicted molar refractivity (Wildman–Crippen MR) is 99.3 cm³/mol. The maximum absolute atomic E-state index is 12.6. The van der Waals surface area contributed by atoms with Gasteiger partial charge in [0.05, 0.1) is 13.0 Å². The number of benzene rings is 1. The average molecular weight is 347 g/mol. The Morgan fingerprint density at radius 3 is 2.46 bits per heavy atom. The van der Waals surface area contributed by atoms with Crippen LogP contribution in [-0.2, 0) is 4.79 Å². The summed E-state index contributed by atoms with van der Waals surface area (Å²) in [6, 6.07) is 7.70. The van der Waals surface area contributed by atoms with Gasteiger partial charge in [-0.1, -0.05) is 0 Å². The number of piperidine rings is 1. The van der Waals surface area contributed by atoms with E-state index < -0.39 is 0 Å². The third kappa shape index (κ3) is 3.98. The van der Waals surface area contributed by atoms with Crippen LogP contribution in [0.25, 0.3) is 0 Å². The number of rotatable bonds is 3. The predicted octanol–water partition coefficient (Wildman–Crippen LogP) is 2.73. The van der Waals surface area contributed by atoms with Gasteiger partial charge >= 0.3 is 0 Å². The van der Waals surface area contributed by atoms with Crippen molar-refractivity contribution in [1.82, 2.24) is 9.80 Å². The molecule has 0 aliphatic carbocycles. The summed E-state index contributed by atoms with van der Waals surface area (Å²) in [6.45, 7) is 3.47. The van der Waals surface area contributed by atoms with Gasteiger partial charge < -0.3 is 19.9 Å². The minimum atomic E-state index is 0.0764. The highest BCUT2D eigenvalue weighted by Gasteiger charge is 2.31. The summed E-state index contributed by atoms with van der Waals surface area (Å²) >= 11 is 5.55. The summed E-state index contributed by atoms with van der Waals surface area (Å²) in [7, 11) is 1.65. The van der Waals surface area contributed by atoms with E-state index in [-0.39, 0.29) is 5.92 Å². The quantitative estimate of drug-likeness (QED) is 0.852. The highest BCUT2D eigenvalue weighted by atomic mass is 32.1. The molecule has 2 saturated heterocycles. The molecule has 1 aromatic rings. The van der Waals surface area contributed by atoms with Crippen LogP contribution in [0.4, 0.5) is 5.69 Å². The van der Waals surface area contributed by atoms with Crippen LogP contribution in [0.2, 0.25) is 0 Å². The van der Waals surface area contributed by atoms with Crippen molar-refractivity contribution in [3.8, 4) is 5.75 Å². The summed E-state index contributed by atoms with van der Waals surface area (Å²) in [4.78, 5) is 16.8. The van der Waals surface area contributed by atoms with Crippen molar-refractivity contribution in [2.45, 2.75) is 25.7 Å². The molecule has 0 unspecified atom stereocenters. The second kappa shape index (κ2) is 7.83. The molecule has 2 fully saturated rings. The number of thiocarbonyl (C=S) groups is 1. The van der Waals surface area contributed by atoms with E-state index in [2.05, 4.69) is 10.2 Å². The third-order valence-electron chi connectivity index (χ3n) is 4.82. The summed E-state index contributed by atoms with van der Waals surface area (Å²) in [5.41, 5.74) is 0.939. The third-order valence-corrected chi connectivity index (χ3v) is 5.18. The number of amides is 1. The first-order valence-electron chi connectivity index (χ1n) is 8.66. The maximum atomic E-state index is 12.6. The van der Waals surface area contributed by atoms with Crippen molar-refractivity contribution in [1.29, 1.82) is 0 Å². The summed E-state index contributed by atoms with van der Waals surface area (Å²) in [6.07, 6.45) is 4.25. The highest BCUT2D eigenvalue weighted by Crippen LogP contribution is 2.22. The number of anilines is 1. The molecule has 2 heterocycles.